The van der Waals surface area contributed by atoms with Gasteiger partial charge >= 0.3 is 0 Å². The summed E-state index contributed by atoms with van der Waals surface area (Å²) in [6, 6.07) is 1.72. The van der Waals surface area contributed by atoms with Crippen LogP contribution in [0, 0.1) is 0 Å². The molecule has 1 N–H and O–H groups in total. The van der Waals surface area contributed by atoms with Crippen molar-refractivity contribution in [3.8, 4) is 0 Å². The summed E-state index contributed by atoms with van der Waals surface area (Å²) in [4.78, 5) is 2.42. The zero-order chi connectivity index (χ0) is 9.68. The molecule has 2 aliphatic rings. The molecule has 2 heteroatoms. The van der Waals surface area contributed by atoms with Crippen molar-refractivity contribution in [2.45, 2.75) is 51.6 Å². The minimum Gasteiger partial charge on any atom is -0.311 e. The Morgan fingerprint density at radius 1 is 0.923 bits per heavy atom. The van der Waals surface area contributed by atoms with Crippen LogP contribution < -0.4 is 5.32 Å². The second-order valence-electron chi connectivity index (χ2n) is 4.02. The largest absolute Gasteiger partial charge is 0.311 e. The Labute approximate surface area is 82.7 Å². The van der Waals surface area contributed by atoms with Gasteiger partial charge in [-0.25, -0.2) is 0 Å². The Morgan fingerprint density at radius 3 is 1.85 bits per heavy atom. The van der Waals surface area contributed by atoms with Gasteiger partial charge in [-0.15, -0.1) is 0 Å². The van der Waals surface area contributed by atoms with Gasteiger partial charge in [-0.2, -0.15) is 0 Å². The van der Waals surface area contributed by atoms with E-state index in [0.29, 0.717) is 0 Å². The molecule has 1 saturated carbocycles. The molecule has 0 bridgehead atoms. The summed E-state index contributed by atoms with van der Waals surface area (Å²) >= 11 is 0. The molecule has 1 aliphatic carbocycles. The molecule has 78 valence electrons. The van der Waals surface area contributed by atoms with Crippen LogP contribution in [-0.2, 0) is 0 Å². The van der Waals surface area contributed by atoms with Gasteiger partial charge < -0.3 is 10.2 Å². The standard InChI is InChI=1S/C9H18N2.C2H6/c1-11-6-4-9(5-7-11)10-8-2-3-8;1-2/h8-10H,2-7H2,1H3;1-2H3. The molecule has 0 atom stereocenters. The SMILES string of the molecule is CC.CN1CCC(NC2CC2)CC1. The summed E-state index contributed by atoms with van der Waals surface area (Å²) in [5.41, 5.74) is 0. The molecule has 0 aromatic rings. The molecular formula is C11H24N2. The molecule has 0 spiro atoms. The van der Waals surface area contributed by atoms with Gasteiger partial charge in [0.2, 0.25) is 0 Å². The van der Waals surface area contributed by atoms with Crippen molar-refractivity contribution in [3.63, 3.8) is 0 Å². The highest BCUT2D eigenvalue weighted by Crippen LogP contribution is 2.21. The second kappa shape index (κ2) is 5.61. The molecule has 1 heterocycles. The van der Waals surface area contributed by atoms with Crippen LogP contribution in [0.15, 0.2) is 0 Å². The van der Waals surface area contributed by atoms with Gasteiger partial charge in [0, 0.05) is 12.1 Å². The molecule has 1 saturated heterocycles. The van der Waals surface area contributed by atoms with E-state index >= 15 is 0 Å². The Morgan fingerprint density at radius 2 is 1.38 bits per heavy atom. The quantitative estimate of drug-likeness (QED) is 0.704. The van der Waals surface area contributed by atoms with Crippen molar-refractivity contribution in [2.75, 3.05) is 20.1 Å². The Balaban J connectivity index is 0.000000396. The highest BCUT2D eigenvalue weighted by Gasteiger charge is 2.25. The third kappa shape index (κ3) is 4.10. The number of nitrogens with one attached hydrogen (secondary N) is 1. The maximum absolute atomic E-state index is 3.69. The van der Waals surface area contributed by atoms with Crippen LogP contribution in [0.2, 0.25) is 0 Å². The Bertz CT molecular complexity index is 124. The van der Waals surface area contributed by atoms with E-state index in [2.05, 4.69) is 17.3 Å². The molecule has 2 rings (SSSR count). The first-order valence-corrected chi connectivity index (χ1v) is 5.79. The van der Waals surface area contributed by atoms with Gasteiger partial charge in [-0.1, -0.05) is 13.8 Å². The van der Waals surface area contributed by atoms with E-state index in [1.807, 2.05) is 13.8 Å². The fourth-order valence-electron chi connectivity index (χ4n) is 1.76. The van der Waals surface area contributed by atoms with Gasteiger partial charge in [0.05, 0.1) is 0 Å². The molecule has 0 aromatic heterocycles. The third-order valence-corrected chi connectivity index (χ3v) is 2.77. The highest BCUT2D eigenvalue weighted by atomic mass is 15.1. The van der Waals surface area contributed by atoms with Crippen molar-refractivity contribution < 1.29 is 0 Å². The molecule has 0 amide bonds. The normalized spacial score (nSPS) is 25.2. The lowest BCUT2D eigenvalue weighted by Crippen LogP contribution is -2.41. The van der Waals surface area contributed by atoms with E-state index in [9.17, 15) is 0 Å². The number of piperidine rings is 1. The molecule has 0 unspecified atom stereocenters. The van der Waals surface area contributed by atoms with E-state index in [1.54, 1.807) is 0 Å². The number of likely N-dealkylation sites (tertiary alicyclic amines) is 1. The number of rotatable bonds is 2. The third-order valence-electron chi connectivity index (χ3n) is 2.77. The zero-order valence-corrected chi connectivity index (χ0v) is 9.34. The van der Waals surface area contributed by atoms with Crippen LogP contribution in [0.25, 0.3) is 0 Å². The van der Waals surface area contributed by atoms with Gasteiger partial charge in [0.25, 0.3) is 0 Å². The molecular weight excluding hydrogens is 160 g/mol. The second-order valence-corrected chi connectivity index (χ2v) is 4.02. The van der Waals surface area contributed by atoms with E-state index in [4.69, 9.17) is 0 Å². The molecule has 2 fully saturated rings. The first-order valence-electron chi connectivity index (χ1n) is 5.79. The molecule has 1 aliphatic heterocycles. The summed E-state index contributed by atoms with van der Waals surface area (Å²) in [5, 5.41) is 3.69. The van der Waals surface area contributed by atoms with E-state index in [1.165, 1.54) is 38.8 Å². The Hall–Kier alpha value is -0.0800. The van der Waals surface area contributed by atoms with Gasteiger partial charge in [-0.05, 0) is 45.8 Å². The van der Waals surface area contributed by atoms with Crippen LogP contribution in [0.4, 0.5) is 0 Å². The van der Waals surface area contributed by atoms with Crippen LogP contribution >= 0.6 is 0 Å². The predicted molar refractivity (Wildman–Crippen MR) is 58.0 cm³/mol. The van der Waals surface area contributed by atoms with E-state index in [-0.39, 0.29) is 0 Å². The fourth-order valence-corrected chi connectivity index (χ4v) is 1.76. The summed E-state index contributed by atoms with van der Waals surface area (Å²) < 4.78 is 0. The van der Waals surface area contributed by atoms with Crippen molar-refractivity contribution in [1.82, 2.24) is 10.2 Å². The highest BCUT2D eigenvalue weighted by molar-refractivity contribution is 4.86. The predicted octanol–water partition coefficient (Wildman–Crippen LogP) is 1.86. The lowest BCUT2D eigenvalue weighted by atomic mass is 10.1. The zero-order valence-electron chi connectivity index (χ0n) is 9.34. The fraction of sp³-hybridized carbons (Fsp3) is 1.00. The van der Waals surface area contributed by atoms with Crippen LogP contribution in [0.3, 0.4) is 0 Å². The smallest absolute Gasteiger partial charge is 0.00939 e. The minimum absolute atomic E-state index is 0.832. The summed E-state index contributed by atoms with van der Waals surface area (Å²) in [7, 11) is 2.22. The molecule has 0 aromatic carbocycles. The van der Waals surface area contributed by atoms with Gasteiger partial charge in [-0.3, -0.25) is 0 Å². The first-order chi connectivity index (χ1) is 6.34. The summed E-state index contributed by atoms with van der Waals surface area (Å²) in [6.45, 7) is 6.56. The monoisotopic (exact) mass is 184 g/mol. The number of hydrogen-bond donors (Lipinski definition) is 1. The van der Waals surface area contributed by atoms with Gasteiger partial charge in [0.1, 0.15) is 0 Å². The minimum atomic E-state index is 0.832. The first kappa shape index (κ1) is 11.0. The van der Waals surface area contributed by atoms with Crippen molar-refractivity contribution in [2.24, 2.45) is 0 Å². The maximum atomic E-state index is 3.69. The van der Waals surface area contributed by atoms with Crippen molar-refractivity contribution >= 4 is 0 Å². The van der Waals surface area contributed by atoms with Crippen LogP contribution in [0.1, 0.15) is 39.5 Å². The van der Waals surface area contributed by atoms with Crippen LogP contribution in [-0.4, -0.2) is 37.1 Å². The van der Waals surface area contributed by atoms with E-state index in [0.717, 1.165) is 12.1 Å². The van der Waals surface area contributed by atoms with Gasteiger partial charge in [0.15, 0.2) is 0 Å². The lowest BCUT2D eigenvalue weighted by molar-refractivity contribution is 0.234. The topological polar surface area (TPSA) is 15.3 Å². The summed E-state index contributed by atoms with van der Waals surface area (Å²) in [6.07, 6.45) is 5.55. The molecule has 2 nitrogen and oxygen atoms in total. The molecule has 13 heavy (non-hydrogen) atoms. The maximum Gasteiger partial charge on any atom is 0.00939 e. The van der Waals surface area contributed by atoms with Crippen LogP contribution in [0.5, 0.6) is 0 Å². The average Bonchev–Trinajstić information content (AvgIpc) is 2.96. The molecule has 0 radical (unpaired) electrons. The average molecular weight is 184 g/mol. The Kier molecular flexibility index (Phi) is 4.74. The van der Waals surface area contributed by atoms with Crippen molar-refractivity contribution in [3.05, 3.63) is 0 Å². The number of hydrogen-bond acceptors (Lipinski definition) is 2. The van der Waals surface area contributed by atoms with E-state index < -0.39 is 0 Å². The lowest BCUT2D eigenvalue weighted by Gasteiger charge is -2.29. The van der Waals surface area contributed by atoms with Crippen molar-refractivity contribution in [1.29, 1.82) is 0 Å². The summed E-state index contributed by atoms with van der Waals surface area (Å²) in [5.74, 6) is 0. The number of nitrogens with zero attached hydrogens (tertiary/aromatic N) is 1.